The minimum Gasteiger partial charge on any atom is -0.0622 e. The van der Waals surface area contributed by atoms with Crippen LogP contribution in [0.4, 0.5) is 0 Å². The standard InChI is InChI=1S/C19H15P.B/c1-2-9-16(10-3-1)20-14-15-8-4-5-11-17(15)18-12-6-7-13-19(18)20;/h1-13H,14H2;/t20-;/m1./s1. The van der Waals surface area contributed by atoms with Crippen LogP contribution in [0.3, 0.4) is 0 Å². The fraction of sp³-hybridized carbons (Fsp3) is 0.0526. The Morgan fingerprint density at radius 1 is 0.619 bits per heavy atom. The Morgan fingerprint density at radius 3 is 2.05 bits per heavy atom. The molecule has 4 rings (SSSR count). The highest BCUT2D eigenvalue weighted by Gasteiger charge is 2.24. The van der Waals surface area contributed by atoms with Gasteiger partial charge in [0.1, 0.15) is 0 Å². The van der Waals surface area contributed by atoms with Crippen molar-refractivity contribution in [2.45, 2.75) is 6.16 Å². The van der Waals surface area contributed by atoms with Gasteiger partial charge in [0.25, 0.3) is 0 Å². The first kappa shape index (κ1) is 14.1. The summed E-state index contributed by atoms with van der Waals surface area (Å²) in [6.45, 7) is 0. The molecule has 0 N–H and O–H groups in total. The number of rotatable bonds is 1. The van der Waals surface area contributed by atoms with Gasteiger partial charge in [-0.2, -0.15) is 0 Å². The van der Waals surface area contributed by atoms with Gasteiger partial charge in [0.15, 0.2) is 0 Å². The smallest absolute Gasteiger partial charge is 0.00138 e. The molecule has 3 aromatic carbocycles. The molecule has 0 bridgehead atoms. The Balaban J connectivity index is 0.00000132. The van der Waals surface area contributed by atoms with Crippen LogP contribution < -0.4 is 10.6 Å². The van der Waals surface area contributed by atoms with Crippen LogP contribution >= 0.6 is 7.92 Å². The molecule has 1 heterocycles. The summed E-state index contributed by atoms with van der Waals surface area (Å²) in [6, 6.07) is 28.7. The molecule has 1 aliphatic rings. The molecular formula is C19H15BP. The SMILES string of the molecule is [B].c1ccc([P@@]2Cc3ccccc3-c3ccccc32)cc1. The fourth-order valence-corrected chi connectivity index (χ4v) is 5.48. The first-order valence-electron chi connectivity index (χ1n) is 6.93. The van der Waals surface area contributed by atoms with Crippen LogP contribution in [0.5, 0.6) is 0 Å². The van der Waals surface area contributed by atoms with E-state index >= 15 is 0 Å². The van der Waals surface area contributed by atoms with Crippen molar-refractivity contribution in [3.05, 3.63) is 84.4 Å². The summed E-state index contributed by atoms with van der Waals surface area (Å²) < 4.78 is 0. The quantitative estimate of drug-likeness (QED) is 0.469. The van der Waals surface area contributed by atoms with Crippen LogP contribution in [0.25, 0.3) is 11.1 Å². The Hall–Kier alpha value is -1.85. The van der Waals surface area contributed by atoms with E-state index in [2.05, 4.69) is 78.9 Å². The second kappa shape index (κ2) is 5.88. The lowest BCUT2D eigenvalue weighted by Crippen LogP contribution is -2.19. The van der Waals surface area contributed by atoms with Crippen molar-refractivity contribution in [1.82, 2.24) is 0 Å². The molecule has 0 aliphatic carbocycles. The molecule has 0 nitrogen and oxygen atoms in total. The van der Waals surface area contributed by atoms with E-state index < -0.39 is 0 Å². The van der Waals surface area contributed by atoms with Crippen molar-refractivity contribution in [2.24, 2.45) is 0 Å². The van der Waals surface area contributed by atoms with Gasteiger partial charge >= 0.3 is 0 Å². The number of benzene rings is 3. The Labute approximate surface area is 129 Å². The van der Waals surface area contributed by atoms with Gasteiger partial charge in [-0.15, -0.1) is 0 Å². The summed E-state index contributed by atoms with van der Waals surface area (Å²) in [7, 11) is -0.269. The molecule has 0 aromatic heterocycles. The molecule has 0 amide bonds. The van der Waals surface area contributed by atoms with Gasteiger partial charge in [0.05, 0.1) is 0 Å². The third-order valence-corrected chi connectivity index (χ3v) is 6.45. The molecule has 99 valence electrons. The molecule has 0 saturated heterocycles. The zero-order chi connectivity index (χ0) is 13.4. The first-order valence-corrected chi connectivity index (χ1v) is 8.46. The van der Waals surface area contributed by atoms with E-state index in [1.54, 1.807) is 0 Å². The predicted molar refractivity (Wildman–Crippen MR) is 94.0 cm³/mol. The average molecular weight is 285 g/mol. The van der Waals surface area contributed by atoms with E-state index in [0.717, 1.165) is 6.16 Å². The molecular weight excluding hydrogens is 270 g/mol. The van der Waals surface area contributed by atoms with Crippen molar-refractivity contribution in [1.29, 1.82) is 0 Å². The number of fused-ring (bicyclic) bond motifs is 3. The lowest BCUT2D eigenvalue weighted by Gasteiger charge is -2.28. The third kappa shape index (κ3) is 2.43. The minimum absolute atomic E-state index is 0. The Kier molecular flexibility index (Phi) is 3.95. The summed E-state index contributed by atoms with van der Waals surface area (Å²) in [5.41, 5.74) is 4.32. The molecule has 3 aromatic rings. The topological polar surface area (TPSA) is 0 Å². The molecule has 1 aliphatic heterocycles. The van der Waals surface area contributed by atoms with Crippen molar-refractivity contribution >= 4 is 26.9 Å². The van der Waals surface area contributed by atoms with E-state index in [4.69, 9.17) is 0 Å². The van der Waals surface area contributed by atoms with Crippen LogP contribution in [-0.4, -0.2) is 8.41 Å². The van der Waals surface area contributed by atoms with Gasteiger partial charge in [-0.1, -0.05) is 78.9 Å². The lowest BCUT2D eigenvalue weighted by atomic mass is 10.0. The molecule has 0 saturated carbocycles. The monoisotopic (exact) mass is 285 g/mol. The second-order valence-corrected chi connectivity index (χ2v) is 7.27. The van der Waals surface area contributed by atoms with Crippen molar-refractivity contribution in [3.8, 4) is 11.1 Å². The van der Waals surface area contributed by atoms with Gasteiger partial charge in [-0.05, 0) is 35.2 Å². The Morgan fingerprint density at radius 2 is 1.24 bits per heavy atom. The van der Waals surface area contributed by atoms with Gasteiger partial charge in [-0.25, -0.2) is 0 Å². The van der Waals surface area contributed by atoms with E-state index in [1.165, 1.54) is 27.3 Å². The fourth-order valence-electron chi connectivity index (χ4n) is 2.95. The van der Waals surface area contributed by atoms with Crippen LogP contribution in [0.2, 0.25) is 0 Å². The summed E-state index contributed by atoms with van der Waals surface area (Å²) >= 11 is 0. The van der Waals surface area contributed by atoms with Gasteiger partial charge in [0.2, 0.25) is 0 Å². The van der Waals surface area contributed by atoms with E-state index in [1.807, 2.05) is 0 Å². The van der Waals surface area contributed by atoms with Crippen LogP contribution in [-0.2, 0) is 6.16 Å². The van der Waals surface area contributed by atoms with E-state index in [0.29, 0.717) is 0 Å². The molecule has 21 heavy (non-hydrogen) atoms. The third-order valence-electron chi connectivity index (χ3n) is 3.90. The highest BCUT2D eigenvalue weighted by Crippen LogP contribution is 2.46. The normalized spacial score (nSPS) is 15.5. The summed E-state index contributed by atoms with van der Waals surface area (Å²) in [6.07, 6.45) is 1.16. The summed E-state index contributed by atoms with van der Waals surface area (Å²) in [5, 5.41) is 3.00. The molecule has 0 unspecified atom stereocenters. The molecule has 2 heteroatoms. The van der Waals surface area contributed by atoms with Gasteiger partial charge < -0.3 is 0 Å². The zero-order valence-electron chi connectivity index (χ0n) is 11.7. The minimum atomic E-state index is -0.269. The first-order chi connectivity index (χ1) is 9.93. The Bertz CT molecular complexity index is 752. The van der Waals surface area contributed by atoms with Crippen LogP contribution in [0.1, 0.15) is 5.56 Å². The van der Waals surface area contributed by atoms with Crippen molar-refractivity contribution < 1.29 is 0 Å². The summed E-state index contributed by atoms with van der Waals surface area (Å²) in [5.74, 6) is 0. The molecule has 1 atom stereocenters. The second-order valence-electron chi connectivity index (χ2n) is 5.10. The average Bonchev–Trinajstić information content (AvgIpc) is 2.55. The highest BCUT2D eigenvalue weighted by atomic mass is 31.1. The molecule has 0 fully saturated rings. The highest BCUT2D eigenvalue weighted by molar-refractivity contribution is 7.72. The summed E-state index contributed by atoms with van der Waals surface area (Å²) in [4.78, 5) is 0. The molecule has 0 spiro atoms. The lowest BCUT2D eigenvalue weighted by molar-refractivity contribution is 1.38. The van der Waals surface area contributed by atoms with Crippen LogP contribution in [0, 0.1) is 0 Å². The van der Waals surface area contributed by atoms with Gasteiger partial charge in [-0.3, -0.25) is 0 Å². The van der Waals surface area contributed by atoms with Crippen molar-refractivity contribution in [3.63, 3.8) is 0 Å². The van der Waals surface area contributed by atoms with Gasteiger partial charge in [0, 0.05) is 14.6 Å². The van der Waals surface area contributed by atoms with Crippen molar-refractivity contribution in [2.75, 3.05) is 0 Å². The van der Waals surface area contributed by atoms with E-state index in [9.17, 15) is 0 Å². The molecule has 3 radical (unpaired) electrons. The zero-order valence-corrected chi connectivity index (χ0v) is 12.6. The van der Waals surface area contributed by atoms with Crippen LogP contribution in [0.15, 0.2) is 78.9 Å². The number of hydrogen-bond acceptors (Lipinski definition) is 0. The van der Waals surface area contributed by atoms with E-state index in [-0.39, 0.29) is 16.3 Å². The maximum absolute atomic E-state index is 2.31. The maximum atomic E-state index is 2.31. The largest absolute Gasteiger partial charge is 0.0622 e. The number of hydrogen-bond donors (Lipinski definition) is 0. The predicted octanol–water partition coefficient (Wildman–Crippen LogP) is 3.92. The maximum Gasteiger partial charge on any atom is 0.00138 e.